The number of rotatable bonds is 5. The predicted octanol–water partition coefficient (Wildman–Crippen LogP) is 1.68. The molecule has 1 atom stereocenters. The van der Waals surface area contributed by atoms with Crippen molar-refractivity contribution in [2.75, 3.05) is 38.2 Å². The lowest BCUT2D eigenvalue weighted by Crippen LogP contribution is -2.43. The number of fused-ring (bicyclic) bond motifs is 1. The summed E-state index contributed by atoms with van der Waals surface area (Å²) in [5.74, 6) is -0.473. The maximum atomic E-state index is 14.1. The molecule has 0 saturated carbocycles. The van der Waals surface area contributed by atoms with Gasteiger partial charge in [-0.2, -0.15) is 0 Å². The van der Waals surface area contributed by atoms with Gasteiger partial charge in [-0.25, -0.2) is 4.39 Å². The van der Waals surface area contributed by atoms with E-state index in [1.54, 1.807) is 25.3 Å². The highest BCUT2D eigenvalue weighted by atomic mass is 19.1. The molecular weight excluding hydrogens is 271 g/mol. The molecule has 0 aliphatic carbocycles. The number of pyridine rings is 1. The summed E-state index contributed by atoms with van der Waals surface area (Å²) in [7, 11) is 3.74. The zero-order valence-electron chi connectivity index (χ0n) is 12.5. The molecule has 1 aromatic carbocycles. The molecule has 4 N–H and O–H groups in total. The van der Waals surface area contributed by atoms with Crippen LogP contribution in [0.25, 0.3) is 10.9 Å². The first kappa shape index (κ1) is 15.5. The molecule has 5 nitrogen and oxygen atoms in total. The number of nitrogens with one attached hydrogen (secondary N) is 1. The third-order valence-electron chi connectivity index (χ3n) is 3.18. The predicted molar refractivity (Wildman–Crippen MR) is 83.8 cm³/mol. The Morgan fingerprint density at radius 1 is 1.48 bits per heavy atom. The van der Waals surface area contributed by atoms with Crippen molar-refractivity contribution in [2.24, 2.45) is 0 Å². The number of aliphatic hydroxyl groups is 1. The van der Waals surface area contributed by atoms with Crippen molar-refractivity contribution in [1.29, 1.82) is 0 Å². The normalized spacial score (nSPS) is 14.4. The Morgan fingerprint density at radius 3 is 2.86 bits per heavy atom. The van der Waals surface area contributed by atoms with Gasteiger partial charge in [0, 0.05) is 30.4 Å². The first-order valence-corrected chi connectivity index (χ1v) is 6.74. The first-order valence-electron chi connectivity index (χ1n) is 6.74. The summed E-state index contributed by atoms with van der Waals surface area (Å²) in [5, 5.41) is 13.9. The number of benzene rings is 1. The van der Waals surface area contributed by atoms with Crippen molar-refractivity contribution in [2.45, 2.75) is 12.5 Å². The van der Waals surface area contributed by atoms with Gasteiger partial charge in [0.15, 0.2) is 5.82 Å². The van der Waals surface area contributed by atoms with Crippen molar-refractivity contribution >= 4 is 22.3 Å². The van der Waals surface area contributed by atoms with Crippen LogP contribution in [0.15, 0.2) is 24.4 Å². The standard InChI is InChI=1S/C15H21FN4O/c1-15(21,9-20(2)3)8-19-14-11(16)7-12(17)10-5-4-6-18-13(10)14/h4-7,19,21H,8-9,17H2,1-3H3. The summed E-state index contributed by atoms with van der Waals surface area (Å²) < 4.78 is 14.1. The van der Waals surface area contributed by atoms with E-state index < -0.39 is 11.4 Å². The van der Waals surface area contributed by atoms with Crippen molar-refractivity contribution < 1.29 is 9.50 Å². The maximum Gasteiger partial charge on any atom is 0.150 e. The Hall–Kier alpha value is -1.92. The molecule has 6 heteroatoms. The second-order valence-corrected chi connectivity index (χ2v) is 5.81. The van der Waals surface area contributed by atoms with E-state index in [0.717, 1.165) is 0 Å². The fraction of sp³-hybridized carbons (Fsp3) is 0.400. The largest absolute Gasteiger partial charge is 0.398 e. The van der Waals surface area contributed by atoms with Crippen molar-refractivity contribution in [3.05, 3.63) is 30.2 Å². The highest BCUT2D eigenvalue weighted by Gasteiger charge is 2.22. The smallest absolute Gasteiger partial charge is 0.150 e. The minimum atomic E-state index is -0.988. The SMILES string of the molecule is CN(C)CC(C)(O)CNc1c(F)cc(N)c2cccnc12. The summed E-state index contributed by atoms with van der Waals surface area (Å²) >= 11 is 0. The van der Waals surface area contributed by atoms with Crippen LogP contribution in [0.1, 0.15) is 6.92 Å². The first-order chi connectivity index (χ1) is 9.80. The van der Waals surface area contributed by atoms with Crippen LogP contribution in [0, 0.1) is 5.82 Å². The Bertz CT molecular complexity index is 643. The molecule has 0 fully saturated rings. The van der Waals surface area contributed by atoms with Gasteiger partial charge in [-0.3, -0.25) is 4.98 Å². The van der Waals surface area contributed by atoms with Crippen LogP contribution in [0.4, 0.5) is 15.8 Å². The molecule has 0 spiro atoms. The average molecular weight is 292 g/mol. The Morgan fingerprint density at radius 2 is 2.19 bits per heavy atom. The van der Waals surface area contributed by atoms with Crippen LogP contribution < -0.4 is 11.1 Å². The molecule has 1 heterocycles. The lowest BCUT2D eigenvalue weighted by molar-refractivity contribution is 0.0459. The second-order valence-electron chi connectivity index (χ2n) is 5.81. The van der Waals surface area contributed by atoms with Crippen LogP contribution in [-0.4, -0.2) is 47.8 Å². The number of nitrogens with zero attached hydrogens (tertiary/aromatic N) is 2. The van der Waals surface area contributed by atoms with Crippen molar-refractivity contribution in [3.63, 3.8) is 0 Å². The van der Waals surface area contributed by atoms with Gasteiger partial charge >= 0.3 is 0 Å². The van der Waals surface area contributed by atoms with Gasteiger partial charge in [-0.05, 0) is 39.2 Å². The summed E-state index contributed by atoms with van der Waals surface area (Å²) in [5.41, 5.74) is 5.90. The molecular formula is C15H21FN4O. The highest BCUT2D eigenvalue weighted by molar-refractivity contribution is 5.98. The summed E-state index contributed by atoms with van der Waals surface area (Å²) in [6.07, 6.45) is 1.59. The fourth-order valence-corrected chi connectivity index (χ4v) is 2.42. The van der Waals surface area contributed by atoms with E-state index in [9.17, 15) is 9.50 Å². The number of likely N-dealkylation sites (N-methyl/N-ethyl adjacent to an activating group) is 1. The molecule has 114 valence electrons. The number of nitrogen functional groups attached to an aromatic ring is 1. The van der Waals surface area contributed by atoms with Gasteiger partial charge in [0.05, 0.1) is 16.8 Å². The quantitative estimate of drug-likeness (QED) is 0.731. The van der Waals surface area contributed by atoms with Gasteiger partial charge in [0.25, 0.3) is 0 Å². The summed E-state index contributed by atoms with van der Waals surface area (Å²) in [4.78, 5) is 6.06. The Balaban J connectivity index is 2.31. The molecule has 0 saturated heterocycles. The second kappa shape index (κ2) is 5.83. The molecule has 2 aromatic rings. The monoisotopic (exact) mass is 292 g/mol. The Kier molecular flexibility index (Phi) is 4.29. The molecule has 0 bridgehead atoms. The zero-order chi connectivity index (χ0) is 15.6. The lowest BCUT2D eigenvalue weighted by atomic mass is 10.1. The van der Waals surface area contributed by atoms with E-state index in [0.29, 0.717) is 23.1 Å². The molecule has 0 amide bonds. The van der Waals surface area contributed by atoms with Gasteiger partial charge in [0.1, 0.15) is 0 Å². The van der Waals surface area contributed by atoms with Crippen molar-refractivity contribution in [1.82, 2.24) is 9.88 Å². The van der Waals surface area contributed by atoms with E-state index in [4.69, 9.17) is 5.73 Å². The molecule has 0 aliphatic heterocycles. The number of nitrogens with two attached hydrogens (primary N) is 1. The molecule has 1 unspecified atom stereocenters. The van der Waals surface area contributed by atoms with E-state index >= 15 is 0 Å². The topological polar surface area (TPSA) is 74.4 Å². The molecule has 0 radical (unpaired) electrons. The van der Waals surface area contributed by atoms with E-state index in [1.165, 1.54) is 6.07 Å². The third-order valence-corrected chi connectivity index (χ3v) is 3.18. The minimum absolute atomic E-state index is 0.206. The van der Waals surface area contributed by atoms with Crippen LogP contribution in [0.3, 0.4) is 0 Å². The number of anilines is 2. The molecule has 21 heavy (non-hydrogen) atoms. The fourth-order valence-electron chi connectivity index (χ4n) is 2.42. The zero-order valence-corrected chi connectivity index (χ0v) is 12.5. The maximum absolute atomic E-state index is 14.1. The van der Waals surface area contributed by atoms with Crippen molar-refractivity contribution in [3.8, 4) is 0 Å². The highest BCUT2D eigenvalue weighted by Crippen LogP contribution is 2.29. The van der Waals surface area contributed by atoms with Crippen LogP contribution in [0.2, 0.25) is 0 Å². The van der Waals surface area contributed by atoms with E-state index in [2.05, 4.69) is 10.3 Å². The number of hydrogen-bond donors (Lipinski definition) is 3. The summed E-state index contributed by atoms with van der Waals surface area (Å²) in [6, 6.07) is 4.82. The van der Waals surface area contributed by atoms with E-state index in [-0.39, 0.29) is 12.2 Å². The lowest BCUT2D eigenvalue weighted by Gasteiger charge is -2.27. The van der Waals surface area contributed by atoms with Crippen LogP contribution in [0.5, 0.6) is 0 Å². The molecule has 0 aliphatic rings. The van der Waals surface area contributed by atoms with Gasteiger partial charge in [-0.1, -0.05) is 0 Å². The van der Waals surface area contributed by atoms with E-state index in [1.807, 2.05) is 19.0 Å². The molecule has 1 aromatic heterocycles. The number of hydrogen-bond acceptors (Lipinski definition) is 5. The minimum Gasteiger partial charge on any atom is -0.398 e. The number of halogens is 1. The number of aromatic nitrogens is 1. The molecule has 2 rings (SSSR count). The van der Waals surface area contributed by atoms with Gasteiger partial charge in [0.2, 0.25) is 0 Å². The average Bonchev–Trinajstić information content (AvgIpc) is 2.36. The third kappa shape index (κ3) is 3.59. The van der Waals surface area contributed by atoms with Gasteiger partial charge in [-0.15, -0.1) is 0 Å². The summed E-state index contributed by atoms with van der Waals surface area (Å²) in [6.45, 7) is 2.37. The van der Waals surface area contributed by atoms with Crippen LogP contribution in [-0.2, 0) is 0 Å². The van der Waals surface area contributed by atoms with Gasteiger partial charge < -0.3 is 21.1 Å². The van der Waals surface area contributed by atoms with Crippen LogP contribution >= 0.6 is 0 Å². The Labute approximate surface area is 123 Å².